The summed E-state index contributed by atoms with van der Waals surface area (Å²) in [7, 11) is 1.63. The van der Waals surface area contributed by atoms with Crippen LogP contribution in [0.15, 0.2) is 24.3 Å². The summed E-state index contributed by atoms with van der Waals surface area (Å²) in [5.41, 5.74) is 0.104. The number of amides is 1. The standard InChI is InChI=1S/C18H26N2O4/c1-23-16-4-2-15(3-5-16)18(22)6-8-19(9-7-18)14-17(21)20-10-12-24-13-11-20/h2-5,22H,6-14H2,1H3. The van der Waals surface area contributed by atoms with E-state index < -0.39 is 5.60 Å². The zero-order valence-electron chi connectivity index (χ0n) is 14.2. The molecule has 1 amide bonds. The molecular formula is C18H26N2O4. The molecule has 2 aliphatic rings. The minimum Gasteiger partial charge on any atom is -0.497 e. The number of carbonyl (C=O) groups excluding carboxylic acids is 1. The van der Waals surface area contributed by atoms with Crippen LogP contribution in [-0.2, 0) is 15.1 Å². The van der Waals surface area contributed by atoms with Crippen molar-refractivity contribution in [3.63, 3.8) is 0 Å². The molecule has 0 aromatic heterocycles. The molecule has 0 unspecified atom stereocenters. The van der Waals surface area contributed by atoms with Gasteiger partial charge in [0.15, 0.2) is 0 Å². The van der Waals surface area contributed by atoms with Crippen LogP contribution in [0.1, 0.15) is 18.4 Å². The molecule has 0 aliphatic carbocycles. The van der Waals surface area contributed by atoms with E-state index in [-0.39, 0.29) is 5.91 Å². The van der Waals surface area contributed by atoms with Crippen molar-refractivity contribution in [3.05, 3.63) is 29.8 Å². The van der Waals surface area contributed by atoms with Gasteiger partial charge in [-0.1, -0.05) is 12.1 Å². The Balaban J connectivity index is 1.53. The number of hydrogen-bond donors (Lipinski definition) is 1. The van der Waals surface area contributed by atoms with Crippen molar-refractivity contribution in [1.29, 1.82) is 0 Å². The second-order valence-corrected chi connectivity index (χ2v) is 6.53. The van der Waals surface area contributed by atoms with Gasteiger partial charge in [-0.25, -0.2) is 0 Å². The number of methoxy groups -OCH3 is 1. The number of benzene rings is 1. The van der Waals surface area contributed by atoms with Gasteiger partial charge in [-0.15, -0.1) is 0 Å². The van der Waals surface area contributed by atoms with Crippen molar-refractivity contribution in [3.8, 4) is 5.75 Å². The third-order valence-electron chi connectivity index (χ3n) is 5.03. The van der Waals surface area contributed by atoms with E-state index in [9.17, 15) is 9.90 Å². The first kappa shape index (κ1) is 17.2. The van der Waals surface area contributed by atoms with Crippen molar-refractivity contribution >= 4 is 5.91 Å². The van der Waals surface area contributed by atoms with Crippen molar-refractivity contribution in [2.45, 2.75) is 18.4 Å². The number of morpholine rings is 1. The van der Waals surface area contributed by atoms with Crippen molar-refractivity contribution < 1.29 is 19.4 Å². The number of carbonyl (C=O) groups is 1. The second kappa shape index (κ2) is 7.51. The fourth-order valence-electron chi connectivity index (χ4n) is 3.38. The van der Waals surface area contributed by atoms with E-state index in [2.05, 4.69) is 4.90 Å². The summed E-state index contributed by atoms with van der Waals surface area (Å²) in [6.45, 7) is 4.49. The molecule has 0 saturated carbocycles. The summed E-state index contributed by atoms with van der Waals surface area (Å²) < 4.78 is 10.5. The highest BCUT2D eigenvalue weighted by Gasteiger charge is 2.34. The van der Waals surface area contributed by atoms with Crippen LogP contribution in [0.4, 0.5) is 0 Å². The van der Waals surface area contributed by atoms with Crippen LogP contribution in [0.2, 0.25) is 0 Å². The van der Waals surface area contributed by atoms with Crippen LogP contribution in [0.5, 0.6) is 5.75 Å². The summed E-state index contributed by atoms with van der Waals surface area (Å²) in [5, 5.41) is 10.9. The zero-order valence-corrected chi connectivity index (χ0v) is 14.2. The molecular weight excluding hydrogens is 308 g/mol. The molecule has 6 nitrogen and oxygen atoms in total. The normalized spacial score (nSPS) is 21.5. The first-order valence-electron chi connectivity index (χ1n) is 8.55. The highest BCUT2D eigenvalue weighted by Crippen LogP contribution is 2.33. The molecule has 2 saturated heterocycles. The van der Waals surface area contributed by atoms with Crippen LogP contribution in [0.3, 0.4) is 0 Å². The number of piperidine rings is 1. The Hall–Kier alpha value is -1.63. The lowest BCUT2D eigenvalue weighted by Gasteiger charge is -2.39. The Morgan fingerprint density at radius 1 is 1.17 bits per heavy atom. The molecule has 0 spiro atoms. The maximum Gasteiger partial charge on any atom is 0.236 e. The van der Waals surface area contributed by atoms with Gasteiger partial charge in [0.2, 0.25) is 5.91 Å². The van der Waals surface area contributed by atoms with E-state index in [1.165, 1.54) is 0 Å². The Kier molecular flexibility index (Phi) is 5.38. The maximum absolute atomic E-state index is 12.3. The summed E-state index contributed by atoms with van der Waals surface area (Å²) in [6, 6.07) is 7.60. The minimum absolute atomic E-state index is 0.160. The number of rotatable bonds is 4. The van der Waals surface area contributed by atoms with Gasteiger partial charge in [0.05, 0.1) is 32.5 Å². The molecule has 6 heteroatoms. The molecule has 0 atom stereocenters. The smallest absolute Gasteiger partial charge is 0.236 e. The number of likely N-dealkylation sites (tertiary alicyclic amines) is 1. The van der Waals surface area contributed by atoms with E-state index >= 15 is 0 Å². The largest absolute Gasteiger partial charge is 0.497 e. The Morgan fingerprint density at radius 3 is 2.38 bits per heavy atom. The molecule has 1 aromatic rings. The van der Waals surface area contributed by atoms with Crippen molar-refractivity contribution in [2.24, 2.45) is 0 Å². The molecule has 2 aliphatic heterocycles. The third kappa shape index (κ3) is 3.88. The monoisotopic (exact) mass is 334 g/mol. The van der Waals surface area contributed by atoms with Gasteiger partial charge >= 0.3 is 0 Å². The van der Waals surface area contributed by atoms with E-state index in [0.717, 1.165) is 24.4 Å². The lowest BCUT2D eigenvalue weighted by molar-refractivity contribution is -0.137. The molecule has 1 aromatic carbocycles. The summed E-state index contributed by atoms with van der Waals surface area (Å²) >= 11 is 0. The van der Waals surface area contributed by atoms with E-state index in [1.54, 1.807) is 7.11 Å². The Bertz CT molecular complexity index is 547. The van der Waals surface area contributed by atoms with Crippen LogP contribution in [0, 0.1) is 0 Å². The number of ether oxygens (including phenoxy) is 2. The third-order valence-corrected chi connectivity index (χ3v) is 5.03. The maximum atomic E-state index is 12.3. The topological polar surface area (TPSA) is 62.2 Å². The molecule has 132 valence electrons. The summed E-state index contributed by atoms with van der Waals surface area (Å²) in [5.74, 6) is 0.948. The van der Waals surface area contributed by atoms with Gasteiger partial charge in [0.1, 0.15) is 5.75 Å². The molecule has 2 fully saturated rings. The number of hydrogen-bond acceptors (Lipinski definition) is 5. The lowest BCUT2D eigenvalue weighted by atomic mass is 9.84. The van der Waals surface area contributed by atoms with E-state index in [4.69, 9.17) is 9.47 Å². The molecule has 2 heterocycles. The highest BCUT2D eigenvalue weighted by molar-refractivity contribution is 5.78. The van der Waals surface area contributed by atoms with E-state index in [0.29, 0.717) is 45.7 Å². The SMILES string of the molecule is COc1ccc(C2(O)CCN(CC(=O)N3CCOCC3)CC2)cc1. The number of nitrogens with zero attached hydrogens (tertiary/aromatic N) is 2. The molecule has 0 bridgehead atoms. The lowest BCUT2D eigenvalue weighted by Crippen LogP contribution is -2.49. The predicted octanol–water partition coefficient (Wildman–Crippen LogP) is 0.837. The van der Waals surface area contributed by atoms with Crippen LogP contribution < -0.4 is 4.74 Å². The van der Waals surface area contributed by atoms with Crippen molar-refractivity contribution in [1.82, 2.24) is 9.80 Å². The first-order valence-corrected chi connectivity index (χ1v) is 8.55. The van der Waals surface area contributed by atoms with Gasteiger partial charge in [-0.3, -0.25) is 9.69 Å². The summed E-state index contributed by atoms with van der Waals surface area (Å²) in [6.07, 6.45) is 1.27. The first-order chi connectivity index (χ1) is 11.6. The van der Waals surface area contributed by atoms with Gasteiger partial charge in [-0.2, -0.15) is 0 Å². The molecule has 3 rings (SSSR count). The van der Waals surface area contributed by atoms with Crippen molar-refractivity contribution in [2.75, 3.05) is 53.0 Å². The van der Waals surface area contributed by atoms with Gasteiger partial charge in [-0.05, 0) is 30.5 Å². The average molecular weight is 334 g/mol. The fourth-order valence-corrected chi connectivity index (χ4v) is 3.38. The quantitative estimate of drug-likeness (QED) is 0.884. The van der Waals surface area contributed by atoms with Gasteiger partial charge in [0.25, 0.3) is 0 Å². The molecule has 0 radical (unpaired) electrons. The zero-order chi connectivity index (χ0) is 17.0. The second-order valence-electron chi connectivity index (χ2n) is 6.53. The Labute approximate surface area is 143 Å². The molecule has 1 N–H and O–H groups in total. The van der Waals surface area contributed by atoms with E-state index in [1.807, 2.05) is 29.2 Å². The van der Waals surface area contributed by atoms with Crippen LogP contribution >= 0.6 is 0 Å². The fraction of sp³-hybridized carbons (Fsp3) is 0.611. The summed E-state index contributed by atoms with van der Waals surface area (Å²) in [4.78, 5) is 16.3. The Morgan fingerprint density at radius 2 is 1.79 bits per heavy atom. The predicted molar refractivity (Wildman–Crippen MR) is 90.0 cm³/mol. The van der Waals surface area contributed by atoms with Crippen LogP contribution in [-0.4, -0.2) is 73.9 Å². The average Bonchev–Trinajstić information content (AvgIpc) is 2.64. The van der Waals surface area contributed by atoms with Gasteiger partial charge in [0, 0.05) is 26.2 Å². The molecule has 24 heavy (non-hydrogen) atoms. The number of aliphatic hydroxyl groups is 1. The highest BCUT2D eigenvalue weighted by atomic mass is 16.5. The minimum atomic E-state index is -0.815. The van der Waals surface area contributed by atoms with Crippen LogP contribution in [0.25, 0.3) is 0 Å². The van der Waals surface area contributed by atoms with Gasteiger partial charge < -0.3 is 19.5 Å².